The Morgan fingerprint density at radius 1 is 1.40 bits per heavy atom. The van der Waals surface area contributed by atoms with Crippen molar-refractivity contribution < 1.29 is 9.32 Å². The molecule has 0 aromatic carbocycles. The molecule has 6 nitrogen and oxygen atoms in total. The molecular weight excluding hydrogens is 256 g/mol. The molecule has 0 radical (unpaired) electrons. The third kappa shape index (κ3) is 3.69. The molecule has 1 N–H and O–H groups in total. The molecule has 0 aliphatic carbocycles. The SMILES string of the molecule is Cc1noc(C)c1CCC(=O)NCCc1cnn(C)c1. The summed E-state index contributed by atoms with van der Waals surface area (Å²) in [4.78, 5) is 11.8. The first-order valence-corrected chi connectivity index (χ1v) is 6.72. The molecule has 0 atom stereocenters. The van der Waals surface area contributed by atoms with Crippen molar-refractivity contribution in [3.8, 4) is 0 Å². The van der Waals surface area contributed by atoms with E-state index in [4.69, 9.17) is 4.52 Å². The van der Waals surface area contributed by atoms with Gasteiger partial charge in [-0.05, 0) is 32.3 Å². The van der Waals surface area contributed by atoms with Crippen LogP contribution in [0.4, 0.5) is 0 Å². The van der Waals surface area contributed by atoms with Gasteiger partial charge >= 0.3 is 0 Å². The average Bonchev–Trinajstić information content (AvgIpc) is 2.95. The van der Waals surface area contributed by atoms with Gasteiger partial charge in [0.15, 0.2) is 0 Å². The van der Waals surface area contributed by atoms with Gasteiger partial charge in [0, 0.05) is 31.8 Å². The number of hydrogen-bond acceptors (Lipinski definition) is 4. The predicted octanol–water partition coefficient (Wildman–Crippen LogP) is 1.32. The third-order valence-electron chi connectivity index (χ3n) is 3.28. The molecule has 0 saturated heterocycles. The van der Waals surface area contributed by atoms with Crippen molar-refractivity contribution in [1.29, 1.82) is 0 Å². The standard InChI is InChI=1S/C14H20N4O2/c1-10-13(11(2)20-17-10)4-5-14(19)15-7-6-12-8-16-18(3)9-12/h8-9H,4-7H2,1-3H3,(H,15,19). The van der Waals surface area contributed by atoms with Crippen LogP contribution in [-0.2, 0) is 24.7 Å². The highest BCUT2D eigenvalue weighted by Crippen LogP contribution is 2.14. The summed E-state index contributed by atoms with van der Waals surface area (Å²) < 4.78 is 6.84. The summed E-state index contributed by atoms with van der Waals surface area (Å²) >= 11 is 0. The molecule has 0 bridgehead atoms. The molecule has 2 aromatic rings. The molecule has 0 unspecified atom stereocenters. The van der Waals surface area contributed by atoms with Crippen LogP contribution < -0.4 is 5.32 Å². The zero-order valence-corrected chi connectivity index (χ0v) is 12.1. The van der Waals surface area contributed by atoms with Crippen LogP contribution in [0.25, 0.3) is 0 Å². The van der Waals surface area contributed by atoms with E-state index in [1.54, 1.807) is 4.68 Å². The molecule has 0 spiro atoms. The number of carbonyl (C=O) groups is 1. The Morgan fingerprint density at radius 3 is 2.80 bits per heavy atom. The Balaban J connectivity index is 1.71. The second-order valence-electron chi connectivity index (χ2n) is 4.92. The van der Waals surface area contributed by atoms with Gasteiger partial charge < -0.3 is 9.84 Å². The van der Waals surface area contributed by atoms with E-state index < -0.39 is 0 Å². The molecule has 0 fully saturated rings. The number of nitrogens with zero attached hydrogens (tertiary/aromatic N) is 3. The van der Waals surface area contributed by atoms with Crippen LogP contribution in [0.2, 0.25) is 0 Å². The summed E-state index contributed by atoms with van der Waals surface area (Å²) in [5.41, 5.74) is 3.02. The number of amides is 1. The number of hydrogen-bond donors (Lipinski definition) is 1. The van der Waals surface area contributed by atoms with Gasteiger partial charge in [0.2, 0.25) is 5.91 Å². The van der Waals surface area contributed by atoms with Gasteiger partial charge in [-0.1, -0.05) is 5.16 Å². The fourth-order valence-electron chi connectivity index (χ4n) is 2.13. The predicted molar refractivity (Wildman–Crippen MR) is 74.2 cm³/mol. The summed E-state index contributed by atoms with van der Waals surface area (Å²) in [6.07, 6.45) is 5.69. The highest BCUT2D eigenvalue weighted by Gasteiger charge is 2.10. The second kappa shape index (κ2) is 6.36. The quantitative estimate of drug-likeness (QED) is 0.863. The minimum absolute atomic E-state index is 0.0499. The van der Waals surface area contributed by atoms with Gasteiger partial charge in [0.1, 0.15) is 5.76 Å². The lowest BCUT2D eigenvalue weighted by atomic mass is 10.1. The van der Waals surface area contributed by atoms with Crippen LogP contribution in [0.3, 0.4) is 0 Å². The Morgan fingerprint density at radius 2 is 2.20 bits per heavy atom. The molecule has 2 aromatic heterocycles. The van der Waals surface area contributed by atoms with Gasteiger partial charge in [-0.2, -0.15) is 5.10 Å². The van der Waals surface area contributed by atoms with E-state index in [1.807, 2.05) is 33.3 Å². The van der Waals surface area contributed by atoms with Crippen molar-refractivity contribution in [3.05, 3.63) is 35.0 Å². The highest BCUT2D eigenvalue weighted by molar-refractivity contribution is 5.76. The maximum absolute atomic E-state index is 11.8. The summed E-state index contributed by atoms with van der Waals surface area (Å²) in [5.74, 6) is 0.847. The van der Waals surface area contributed by atoms with Gasteiger partial charge in [0.25, 0.3) is 0 Å². The van der Waals surface area contributed by atoms with E-state index >= 15 is 0 Å². The maximum atomic E-state index is 11.8. The van der Waals surface area contributed by atoms with Crippen LogP contribution in [0.1, 0.15) is 29.0 Å². The van der Waals surface area contributed by atoms with E-state index in [9.17, 15) is 4.79 Å². The first kappa shape index (κ1) is 14.3. The van der Waals surface area contributed by atoms with E-state index in [0.717, 1.165) is 29.0 Å². The summed E-state index contributed by atoms with van der Waals surface area (Å²) in [7, 11) is 1.88. The summed E-state index contributed by atoms with van der Waals surface area (Å²) in [6.45, 7) is 4.40. The van der Waals surface area contributed by atoms with Crippen molar-refractivity contribution >= 4 is 5.91 Å². The first-order valence-electron chi connectivity index (χ1n) is 6.72. The second-order valence-corrected chi connectivity index (χ2v) is 4.92. The molecule has 108 valence electrons. The number of aryl methyl sites for hydroxylation is 3. The topological polar surface area (TPSA) is 73.0 Å². The molecule has 0 aliphatic rings. The third-order valence-corrected chi connectivity index (χ3v) is 3.28. The minimum atomic E-state index is 0.0499. The van der Waals surface area contributed by atoms with Crippen molar-refractivity contribution in [2.75, 3.05) is 6.54 Å². The lowest BCUT2D eigenvalue weighted by Gasteiger charge is -2.04. The molecule has 20 heavy (non-hydrogen) atoms. The molecule has 2 rings (SSSR count). The van der Waals surface area contributed by atoms with Crippen molar-refractivity contribution in [2.45, 2.75) is 33.1 Å². The van der Waals surface area contributed by atoms with Crippen LogP contribution in [-0.4, -0.2) is 27.4 Å². The van der Waals surface area contributed by atoms with Gasteiger partial charge in [-0.3, -0.25) is 9.48 Å². The molecule has 6 heteroatoms. The summed E-state index contributed by atoms with van der Waals surface area (Å²) in [6, 6.07) is 0. The van der Waals surface area contributed by atoms with Crippen molar-refractivity contribution in [1.82, 2.24) is 20.3 Å². The zero-order chi connectivity index (χ0) is 14.5. The fraction of sp³-hybridized carbons (Fsp3) is 0.500. The highest BCUT2D eigenvalue weighted by atomic mass is 16.5. The first-order chi connectivity index (χ1) is 9.56. The lowest BCUT2D eigenvalue weighted by molar-refractivity contribution is -0.121. The smallest absolute Gasteiger partial charge is 0.220 e. The number of rotatable bonds is 6. The zero-order valence-electron chi connectivity index (χ0n) is 12.1. The number of nitrogens with one attached hydrogen (secondary N) is 1. The van der Waals surface area contributed by atoms with Crippen LogP contribution in [0.15, 0.2) is 16.9 Å². The number of aromatic nitrogens is 3. The Bertz CT molecular complexity index is 566. The van der Waals surface area contributed by atoms with E-state index in [-0.39, 0.29) is 5.91 Å². The normalized spacial score (nSPS) is 10.8. The Kier molecular flexibility index (Phi) is 4.55. The van der Waals surface area contributed by atoms with Crippen molar-refractivity contribution in [3.63, 3.8) is 0 Å². The lowest BCUT2D eigenvalue weighted by Crippen LogP contribution is -2.25. The summed E-state index contributed by atoms with van der Waals surface area (Å²) in [5, 5.41) is 10.9. The molecule has 0 saturated carbocycles. The molecular formula is C14H20N4O2. The molecule has 2 heterocycles. The van der Waals surface area contributed by atoms with E-state index in [2.05, 4.69) is 15.6 Å². The van der Waals surface area contributed by atoms with E-state index in [1.165, 1.54) is 0 Å². The molecule has 0 aliphatic heterocycles. The van der Waals surface area contributed by atoms with Gasteiger partial charge in [-0.25, -0.2) is 0 Å². The van der Waals surface area contributed by atoms with Gasteiger partial charge in [0.05, 0.1) is 11.9 Å². The average molecular weight is 276 g/mol. The fourth-order valence-corrected chi connectivity index (χ4v) is 2.13. The van der Waals surface area contributed by atoms with Crippen LogP contribution in [0, 0.1) is 13.8 Å². The van der Waals surface area contributed by atoms with Crippen molar-refractivity contribution in [2.24, 2.45) is 7.05 Å². The van der Waals surface area contributed by atoms with E-state index in [0.29, 0.717) is 19.4 Å². The van der Waals surface area contributed by atoms with Crippen LogP contribution >= 0.6 is 0 Å². The van der Waals surface area contributed by atoms with Gasteiger partial charge in [-0.15, -0.1) is 0 Å². The molecule has 1 amide bonds. The maximum Gasteiger partial charge on any atom is 0.220 e. The largest absolute Gasteiger partial charge is 0.361 e. The minimum Gasteiger partial charge on any atom is -0.361 e. The Labute approximate surface area is 118 Å². The van der Waals surface area contributed by atoms with Crippen LogP contribution in [0.5, 0.6) is 0 Å². The number of carbonyl (C=O) groups excluding carboxylic acids is 1. The monoisotopic (exact) mass is 276 g/mol. The Hall–Kier alpha value is -2.11.